The van der Waals surface area contributed by atoms with Crippen LogP contribution in [-0.4, -0.2) is 38.1 Å². The maximum absolute atomic E-state index is 13.5. The summed E-state index contributed by atoms with van der Waals surface area (Å²) in [5.41, 5.74) is 0.467. The SMILES string of the molecule is CN(CCc1cc(F)ccc1F)CCC1CCNC1. The maximum atomic E-state index is 13.5. The van der Waals surface area contributed by atoms with Crippen LogP contribution in [0.15, 0.2) is 18.2 Å². The molecule has 2 nitrogen and oxygen atoms in total. The maximum Gasteiger partial charge on any atom is 0.126 e. The molecular weight excluding hydrogens is 246 g/mol. The van der Waals surface area contributed by atoms with Gasteiger partial charge in [0.05, 0.1) is 0 Å². The molecule has 1 unspecified atom stereocenters. The Labute approximate surface area is 113 Å². The van der Waals surface area contributed by atoms with E-state index in [1.807, 2.05) is 7.05 Å². The minimum absolute atomic E-state index is 0.310. The van der Waals surface area contributed by atoms with Crippen LogP contribution in [0.4, 0.5) is 8.78 Å². The van der Waals surface area contributed by atoms with Crippen molar-refractivity contribution < 1.29 is 8.78 Å². The molecule has 0 amide bonds. The first-order valence-electron chi connectivity index (χ1n) is 6.98. The van der Waals surface area contributed by atoms with Gasteiger partial charge in [-0.1, -0.05) is 0 Å². The van der Waals surface area contributed by atoms with E-state index in [4.69, 9.17) is 0 Å². The molecule has 1 atom stereocenters. The van der Waals surface area contributed by atoms with Crippen molar-refractivity contribution in [2.75, 3.05) is 33.2 Å². The molecule has 1 aliphatic heterocycles. The van der Waals surface area contributed by atoms with Gasteiger partial charge in [0.2, 0.25) is 0 Å². The molecule has 1 aliphatic rings. The number of hydrogen-bond acceptors (Lipinski definition) is 2. The number of benzene rings is 1. The summed E-state index contributed by atoms with van der Waals surface area (Å²) >= 11 is 0. The fraction of sp³-hybridized carbons (Fsp3) is 0.600. The van der Waals surface area contributed by atoms with E-state index in [0.29, 0.717) is 12.0 Å². The van der Waals surface area contributed by atoms with Gasteiger partial charge in [-0.15, -0.1) is 0 Å². The van der Waals surface area contributed by atoms with E-state index in [0.717, 1.165) is 38.2 Å². The van der Waals surface area contributed by atoms with Crippen LogP contribution >= 0.6 is 0 Å². The quantitative estimate of drug-likeness (QED) is 0.852. The van der Waals surface area contributed by atoms with Crippen LogP contribution < -0.4 is 5.32 Å². The van der Waals surface area contributed by atoms with Gasteiger partial charge in [0, 0.05) is 6.54 Å². The van der Waals surface area contributed by atoms with E-state index in [9.17, 15) is 8.78 Å². The van der Waals surface area contributed by atoms with Gasteiger partial charge in [-0.3, -0.25) is 0 Å². The largest absolute Gasteiger partial charge is 0.316 e. The second kappa shape index (κ2) is 6.96. The Morgan fingerprint density at radius 3 is 2.89 bits per heavy atom. The molecule has 1 fully saturated rings. The standard InChI is InChI=1S/C15H22F2N2/c1-19(8-5-12-4-7-18-11-12)9-6-13-10-14(16)2-3-15(13)17/h2-3,10,12,18H,4-9,11H2,1H3. The molecule has 0 saturated carbocycles. The number of nitrogens with zero attached hydrogens (tertiary/aromatic N) is 1. The summed E-state index contributed by atoms with van der Waals surface area (Å²) in [5.74, 6) is 0.0965. The highest BCUT2D eigenvalue weighted by molar-refractivity contribution is 5.18. The third-order valence-electron chi connectivity index (χ3n) is 3.85. The first-order chi connectivity index (χ1) is 9.15. The normalized spacial score (nSPS) is 19.3. The summed E-state index contributed by atoms with van der Waals surface area (Å²) in [4.78, 5) is 2.20. The fourth-order valence-corrected chi connectivity index (χ4v) is 2.52. The second-order valence-corrected chi connectivity index (χ2v) is 5.44. The Bertz CT molecular complexity index is 403. The Morgan fingerprint density at radius 1 is 1.32 bits per heavy atom. The first kappa shape index (κ1) is 14.4. The smallest absolute Gasteiger partial charge is 0.126 e. The minimum Gasteiger partial charge on any atom is -0.316 e. The molecule has 1 saturated heterocycles. The molecule has 2 rings (SSSR count). The molecular formula is C15H22F2N2. The predicted octanol–water partition coefficient (Wildman–Crippen LogP) is 2.44. The molecule has 0 aliphatic carbocycles. The van der Waals surface area contributed by atoms with Gasteiger partial charge in [-0.2, -0.15) is 0 Å². The highest BCUT2D eigenvalue weighted by Gasteiger charge is 2.14. The van der Waals surface area contributed by atoms with E-state index < -0.39 is 0 Å². The molecule has 4 heteroatoms. The number of hydrogen-bond donors (Lipinski definition) is 1. The van der Waals surface area contributed by atoms with Crippen molar-refractivity contribution in [3.8, 4) is 0 Å². The molecule has 0 radical (unpaired) electrons. The monoisotopic (exact) mass is 268 g/mol. The van der Waals surface area contributed by atoms with E-state index >= 15 is 0 Å². The summed E-state index contributed by atoms with van der Waals surface area (Å²) in [6, 6.07) is 3.66. The minimum atomic E-state index is -0.365. The van der Waals surface area contributed by atoms with Crippen molar-refractivity contribution in [2.45, 2.75) is 19.3 Å². The zero-order valence-electron chi connectivity index (χ0n) is 11.5. The van der Waals surface area contributed by atoms with E-state index in [2.05, 4.69) is 10.2 Å². The van der Waals surface area contributed by atoms with Crippen molar-refractivity contribution in [2.24, 2.45) is 5.92 Å². The third kappa shape index (κ3) is 4.55. The van der Waals surface area contributed by atoms with E-state index in [-0.39, 0.29) is 11.6 Å². The van der Waals surface area contributed by atoms with Gasteiger partial charge in [0.15, 0.2) is 0 Å². The molecule has 0 spiro atoms. The molecule has 1 heterocycles. The number of rotatable bonds is 6. The molecule has 19 heavy (non-hydrogen) atoms. The van der Waals surface area contributed by atoms with Crippen LogP contribution in [0.2, 0.25) is 0 Å². The summed E-state index contributed by atoms with van der Waals surface area (Å²) in [5, 5.41) is 3.36. The lowest BCUT2D eigenvalue weighted by molar-refractivity contribution is 0.307. The first-order valence-corrected chi connectivity index (χ1v) is 6.98. The van der Waals surface area contributed by atoms with Crippen molar-refractivity contribution in [1.82, 2.24) is 10.2 Å². The number of halogens is 2. The van der Waals surface area contributed by atoms with E-state index in [1.165, 1.54) is 25.0 Å². The lowest BCUT2D eigenvalue weighted by Crippen LogP contribution is -2.25. The number of likely N-dealkylation sites (N-methyl/N-ethyl adjacent to an activating group) is 1. The van der Waals surface area contributed by atoms with Crippen LogP contribution in [0.3, 0.4) is 0 Å². The zero-order valence-corrected chi connectivity index (χ0v) is 11.5. The lowest BCUT2D eigenvalue weighted by Gasteiger charge is -2.18. The average Bonchev–Trinajstić information content (AvgIpc) is 2.90. The van der Waals surface area contributed by atoms with Gasteiger partial charge in [0.1, 0.15) is 11.6 Å². The Kier molecular flexibility index (Phi) is 5.28. The van der Waals surface area contributed by atoms with Crippen molar-refractivity contribution >= 4 is 0 Å². The Hall–Kier alpha value is -1.00. The van der Waals surface area contributed by atoms with Crippen LogP contribution in [0, 0.1) is 17.6 Å². The van der Waals surface area contributed by atoms with Crippen molar-refractivity contribution in [3.05, 3.63) is 35.4 Å². The highest BCUT2D eigenvalue weighted by atomic mass is 19.1. The molecule has 1 aromatic rings. The summed E-state index contributed by atoms with van der Waals surface area (Å²) in [6.45, 7) is 4.03. The Morgan fingerprint density at radius 2 is 2.16 bits per heavy atom. The van der Waals surface area contributed by atoms with Gasteiger partial charge in [-0.25, -0.2) is 8.78 Å². The van der Waals surface area contributed by atoms with Gasteiger partial charge < -0.3 is 10.2 Å². The zero-order chi connectivity index (χ0) is 13.7. The highest BCUT2D eigenvalue weighted by Crippen LogP contribution is 2.13. The van der Waals surface area contributed by atoms with Gasteiger partial charge in [0.25, 0.3) is 0 Å². The molecule has 1 aromatic carbocycles. The summed E-state index contributed by atoms with van der Waals surface area (Å²) < 4.78 is 26.5. The van der Waals surface area contributed by atoms with Gasteiger partial charge in [-0.05, 0) is 75.6 Å². The van der Waals surface area contributed by atoms with Crippen LogP contribution in [0.5, 0.6) is 0 Å². The van der Waals surface area contributed by atoms with Crippen molar-refractivity contribution in [1.29, 1.82) is 0 Å². The molecule has 106 valence electrons. The van der Waals surface area contributed by atoms with Crippen LogP contribution in [0.1, 0.15) is 18.4 Å². The summed E-state index contributed by atoms with van der Waals surface area (Å²) in [7, 11) is 2.04. The summed E-state index contributed by atoms with van der Waals surface area (Å²) in [6.07, 6.45) is 2.99. The fourth-order valence-electron chi connectivity index (χ4n) is 2.52. The van der Waals surface area contributed by atoms with Gasteiger partial charge >= 0.3 is 0 Å². The third-order valence-corrected chi connectivity index (χ3v) is 3.85. The van der Waals surface area contributed by atoms with Crippen molar-refractivity contribution in [3.63, 3.8) is 0 Å². The predicted molar refractivity (Wildman–Crippen MR) is 73.2 cm³/mol. The lowest BCUT2D eigenvalue weighted by atomic mass is 10.0. The topological polar surface area (TPSA) is 15.3 Å². The number of nitrogens with one attached hydrogen (secondary N) is 1. The molecule has 0 aromatic heterocycles. The Balaban J connectivity index is 1.73. The average molecular weight is 268 g/mol. The van der Waals surface area contributed by atoms with Crippen LogP contribution in [-0.2, 0) is 6.42 Å². The van der Waals surface area contributed by atoms with Crippen LogP contribution in [0.25, 0.3) is 0 Å². The molecule has 1 N–H and O–H groups in total. The molecule has 0 bridgehead atoms. The second-order valence-electron chi connectivity index (χ2n) is 5.44. The van der Waals surface area contributed by atoms with E-state index in [1.54, 1.807) is 0 Å².